The molecule has 0 aromatic heterocycles. The van der Waals surface area contributed by atoms with Crippen LogP contribution in [-0.4, -0.2) is 38.8 Å². The molecule has 1 saturated heterocycles. The zero-order chi connectivity index (χ0) is 20.1. The third-order valence-corrected chi connectivity index (χ3v) is 4.65. The first-order valence-corrected chi connectivity index (χ1v) is 8.94. The van der Waals surface area contributed by atoms with Crippen molar-refractivity contribution in [3.05, 3.63) is 53.6 Å². The van der Waals surface area contributed by atoms with Crippen LogP contribution in [0.25, 0.3) is 0 Å². The fourth-order valence-corrected chi connectivity index (χ4v) is 3.13. The number of anilines is 1. The van der Waals surface area contributed by atoms with Gasteiger partial charge in [0.15, 0.2) is 11.5 Å². The standard InChI is InChI=1S/C21H23N3O4/c1-14-7-9-17(10-8-14)24-13-16(11-19(24)25)21(26)23-22-12-15-5-4-6-18(27-2)20(15)28-3/h4-10,12,16H,11,13H2,1-3H3,(H,23,26)/b22-12+/t16-/m0/s1. The Labute approximate surface area is 163 Å². The Morgan fingerprint density at radius 3 is 2.61 bits per heavy atom. The number of benzene rings is 2. The Balaban J connectivity index is 1.64. The number of ether oxygens (including phenoxy) is 2. The molecule has 0 radical (unpaired) electrons. The first kappa shape index (κ1) is 19.4. The van der Waals surface area contributed by atoms with Gasteiger partial charge in [0.05, 0.1) is 26.4 Å². The van der Waals surface area contributed by atoms with Gasteiger partial charge in [-0.3, -0.25) is 9.59 Å². The lowest BCUT2D eigenvalue weighted by molar-refractivity contribution is -0.126. The van der Waals surface area contributed by atoms with E-state index in [4.69, 9.17) is 9.47 Å². The minimum atomic E-state index is -0.446. The van der Waals surface area contributed by atoms with Crippen LogP contribution in [0.15, 0.2) is 47.6 Å². The zero-order valence-corrected chi connectivity index (χ0v) is 16.1. The molecule has 28 heavy (non-hydrogen) atoms. The highest BCUT2D eigenvalue weighted by Crippen LogP contribution is 2.29. The third kappa shape index (κ3) is 4.14. The van der Waals surface area contributed by atoms with Crippen LogP contribution >= 0.6 is 0 Å². The molecule has 0 spiro atoms. The largest absolute Gasteiger partial charge is 0.493 e. The number of nitrogens with one attached hydrogen (secondary N) is 1. The average molecular weight is 381 g/mol. The van der Waals surface area contributed by atoms with E-state index in [-0.39, 0.29) is 18.2 Å². The van der Waals surface area contributed by atoms with E-state index in [1.165, 1.54) is 13.3 Å². The van der Waals surface area contributed by atoms with E-state index in [9.17, 15) is 9.59 Å². The molecule has 1 atom stereocenters. The summed E-state index contributed by atoms with van der Waals surface area (Å²) in [6.07, 6.45) is 1.66. The summed E-state index contributed by atoms with van der Waals surface area (Å²) in [6.45, 7) is 2.33. The Bertz CT molecular complexity index is 893. The number of rotatable bonds is 6. The van der Waals surface area contributed by atoms with Crippen molar-refractivity contribution >= 4 is 23.7 Å². The highest BCUT2D eigenvalue weighted by molar-refractivity contribution is 6.00. The predicted octanol–water partition coefficient (Wildman–Crippen LogP) is 2.52. The van der Waals surface area contributed by atoms with Crippen LogP contribution in [0.5, 0.6) is 11.5 Å². The van der Waals surface area contributed by atoms with Crippen molar-refractivity contribution in [1.29, 1.82) is 0 Å². The molecule has 2 aromatic rings. The molecule has 3 rings (SSSR count). The summed E-state index contributed by atoms with van der Waals surface area (Å²) in [4.78, 5) is 26.4. The van der Waals surface area contributed by atoms with Crippen molar-refractivity contribution in [2.75, 3.05) is 25.7 Å². The molecule has 1 heterocycles. The zero-order valence-electron chi connectivity index (χ0n) is 16.1. The van der Waals surface area contributed by atoms with E-state index in [1.54, 1.807) is 30.2 Å². The van der Waals surface area contributed by atoms with Gasteiger partial charge in [-0.05, 0) is 31.2 Å². The third-order valence-electron chi connectivity index (χ3n) is 4.65. The van der Waals surface area contributed by atoms with Gasteiger partial charge in [0.1, 0.15) is 0 Å². The number of para-hydroxylation sites is 1. The molecule has 1 aliphatic heterocycles. The second kappa shape index (κ2) is 8.56. The molecular weight excluding hydrogens is 358 g/mol. The smallest absolute Gasteiger partial charge is 0.245 e. The molecule has 1 fully saturated rings. The summed E-state index contributed by atoms with van der Waals surface area (Å²) in [5.41, 5.74) is 5.11. The summed E-state index contributed by atoms with van der Waals surface area (Å²) in [7, 11) is 3.09. The Kier molecular flexibility index (Phi) is 5.93. The maximum absolute atomic E-state index is 12.4. The predicted molar refractivity (Wildman–Crippen MR) is 107 cm³/mol. The lowest BCUT2D eigenvalue weighted by Gasteiger charge is -2.16. The van der Waals surface area contributed by atoms with E-state index >= 15 is 0 Å². The molecular formula is C21H23N3O4. The van der Waals surface area contributed by atoms with Crippen molar-refractivity contribution in [3.63, 3.8) is 0 Å². The number of hydrogen-bond donors (Lipinski definition) is 1. The van der Waals surface area contributed by atoms with Gasteiger partial charge >= 0.3 is 0 Å². The van der Waals surface area contributed by atoms with Crippen LogP contribution in [0.4, 0.5) is 5.69 Å². The van der Waals surface area contributed by atoms with Gasteiger partial charge < -0.3 is 14.4 Å². The first-order chi connectivity index (χ1) is 13.5. The van der Waals surface area contributed by atoms with Crippen molar-refractivity contribution in [1.82, 2.24) is 5.43 Å². The van der Waals surface area contributed by atoms with E-state index in [2.05, 4.69) is 10.5 Å². The molecule has 2 aromatic carbocycles. The van der Waals surface area contributed by atoms with Crippen LogP contribution in [-0.2, 0) is 9.59 Å². The second-order valence-electron chi connectivity index (χ2n) is 6.56. The maximum atomic E-state index is 12.4. The number of carbonyl (C=O) groups is 2. The van der Waals surface area contributed by atoms with Crippen LogP contribution in [0.1, 0.15) is 17.5 Å². The lowest BCUT2D eigenvalue weighted by Crippen LogP contribution is -2.30. The SMILES string of the molecule is COc1cccc(/C=N/NC(=O)[C@H]2CC(=O)N(c3ccc(C)cc3)C2)c1OC. The van der Waals surface area contributed by atoms with Crippen molar-refractivity contribution in [3.8, 4) is 11.5 Å². The second-order valence-corrected chi connectivity index (χ2v) is 6.56. The van der Waals surface area contributed by atoms with E-state index < -0.39 is 5.92 Å². The maximum Gasteiger partial charge on any atom is 0.245 e. The number of hydrazone groups is 1. The normalized spacial score (nSPS) is 16.5. The number of carbonyl (C=O) groups excluding carboxylic acids is 2. The molecule has 0 bridgehead atoms. The van der Waals surface area contributed by atoms with Gasteiger partial charge in [-0.15, -0.1) is 0 Å². The molecule has 0 aliphatic carbocycles. The molecule has 1 aliphatic rings. The van der Waals surface area contributed by atoms with Gasteiger partial charge in [-0.2, -0.15) is 5.10 Å². The molecule has 146 valence electrons. The fraction of sp³-hybridized carbons (Fsp3) is 0.286. The van der Waals surface area contributed by atoms with E-state index in [0.717, 1.165) is 11.3 Å². The number of methoxy groups -OCH3 is 2. The lowest BCUT2D eigenvalue weighted by atomic mass is 10.1. The number of amides is 2. The number of hydrogen-bond acceptors (Lipinski definition) is 5. The molecule has 2 amide bonds. The Morgan fingerprint density at radius 1 is 1.18 bits per heavy atom. The first-order valence-electron chi connectivity index (χ1n) is 8.94. The van der Waals surface area contributed by atoms with Gasteiger partial charge in [0, 0.05) is 24.2 Å². The Morgan fingerprint density at radius 2 is 1.93 bits per heavy atom. The Hall–Kier alpha value is -3.35. The number of nitrogens with zero attached hydrogens (tertiary/aromatic N) is 2. The number of aryl methyl sites for hydroxylation is 1. The van der Waals surface area contributed by atoms with Gasteiger partial charge in [0.25, 0.3) is 0 Å². The van der Waals surface area contributed by atoms with Crippen LogP contribution in [0.2, 0.25) is 0 Å². The summed E-state index contributed by atoms with van der Waals surface area (Å²) in [5, 5.41) is 4.01. The quantitative estimate of drug-likeness (QED) is 0.616. The van der Waals surface area contributed by atoms with Crippen molar-refractivity contribution in [2.45, 2.75) is 13.3 Å². The highest BCUT2D eigenvalue weighted by Gasteiger charge is 2.35. The monoisotopic (exact) mass is 381 g/mol. The summed E-state index contributed by atoms with van der Waals surface area (Å²) in [5.74, 6) is 0.305. The summed E-state index contributed by atoms with van der Waals surface area (Å²) >= 11 is 0. The summed E-state index contributed by atoms with van der Waals surface area (Å²) < 4.78 is 10.6. The van der Waals surface area contributed by atoms with Crippen LogP contribution in [0, 0.1) is 12.8 Å². The molecule has 0 saturated carbocycles. The summed E-state index contributed by atoms with van der Waals surface area (Å²) in [6, 6.07) is 13.1. The molecule has 0 unspecified atom stereocenters. The van der Waals surface area contributed by atoms with Crippen LogP contribution < -0.4 is 19.8 Å². The van der Waals surface area contributed by atoms with Crippen LogP contribution in [0.3, 0.4) is 0 Å². The minimum absolute atomic E-state index is 0.0672. The minimum Gasteiger partial charge on any atom is -0.493 e. The van der Waals surface area contributed by atoms with Gasteiger partial charge in [-0.1, -0.05) is 23.8 Å². The van der Waals surface area contributed by atoms with E-state index in [1.807, 2.05) is 31.2 Å². The van der Waals surface area contributed by atoms with Gasteiger partial charge in [-0.25, -0.2) is 5.43 Å². The van der Waals surface area contributed by atoms with E-state index in [0.29, 0.717) is 23.6 Å². The average Bonchev–Trinajstić information content (AvgIpc) is 3.10. The molecule has 7 nitrogen and oxygen atoms in total. The topological polar surface area (TPSA) is 80.2 Å². The highest BCUT2D eigenvalue weighted by atomic mass is 16.5. The van der Waals surface area contributed by atoms with Crippen molar-refractivity contribution < 1.29 is 19.1 Å². The van der Waals surface area contributed by atoms with Gasteiger partial charge in [0.2, 0.25) is 11.8 Å². The molecule has 7 heteroatoms. The molecule has 1 N–H and O–H groups in total. The van der Waals surface area contributed by atoms with Crippen molar-refractivity contribution in [2.24, 2.45) is 11.0 Å². The fourth-order valence-electron chi connectivity index (χ4n) is 3.13.